The van der Waals surface area contributed by atoms with Crippen LogP contribution in [0.5, 0.6) is 5.75 Å². The molecule has 0 saturated carbocycles. The molecule has 0 aromatic heterocycles. The van der Waals surface area contributed by atoms with Crippen LogP contribution in [0.1, 0.15) is 38.3 Å². The van der Waals surface area contributed by atoms with E-state index in [0.29, 0.717) is 18.7 Å². The standard InChI is InChI=1S/C22H27N3O4S/c1-22(2,3)16-8-10-17(11-9-16)29-15-14-23-20(26)12-13-24-21-18-6-4-5-7-19(18)30(27,28)25-21/h4-11H,12-15H2,1-3H3,(H,23,26)(H,24,25). The molecule has 1 amide bonds. The van der Waals surface area contributed by atoms with Crippen LogP contribution < -0.4 is 14.8 Å². The highest BCUT2D eigenvalue weighted by Crippen LogP contribution is 2.24. The Balaban J connectivity index is 1.40. The Morgan fingerprint density at radius 2 is 1.80 bits per heavy atom. The lowest BCUT2D eigenvalue weighted by molar-refractivity contribution is -0.120. The maximum atomic E-state index is 12.0. The Kier molecular flexibility index (Phi) is 6.45. The van der Waals surface area contributed by atoms with Gasteiger partial charge in [0.1, 0.15) is 18.2 Å². The van der Waals surface area contributed by atoms with Crippen molar-refractivity contribution in [2.45, 2.75) is 37.5 Å². The number of carbonyl (C=O) groups is 1. The number of fused-ring (bicyclic) bond motifs is 1. The lowest BCUT2D eigenvalue weighted by Gasteiger charge is -2.19. The molecule has 8 heteroatoms. The van der Waals surface area contributed by atoms with E-state index in [1.165, 1.54) is 11.6 Å². The van der Waals surface area contributed by atoms with Crippen LogP contribution in [0, 0.1) is 0 Å². The maximum absolute atomic E-state index is 12.0. The molecular weight excluding hydrogens is 402 g/mol. The minimum absolute atomic E-state index is 0.0934. The van der Waals surface area contributed by atoms with Crippen LogP contribution in [0.2, 0.25) is 0 Å². The van der Waals surface area contributed by atoms with Gasteiger partial charge in [-0.2, -0.15) is 0 Å². The number of hydrogen-bond acceptors (Lipinski definition) is 5. The number of carbonyl (C=O) groups excluding carboxylic acids is 1. The summed E-state index contributed by atoms with van der Waals surface area (Å²) in [5.41, 5.74) is 1.86. The van der Waals surface area contributed by atoms with Gasteiger partial charge in [0.15, 0.2) is 0 Å². The number of hydrogen-bond donors (Lipinski definition) is 2. The fraction of sp³-hybridized carbons (Fsp3) is 0.364. The van der Waals surface area contributed by atoms with Crippen molar-refractivity contribution in [1.82, 2.24) is 10.0 Å². The quantitative estimate of drug-likeness (QED) is 0.661. The molecule has 0 fully saturated rings. The largest absolute Gasteiger partial charge is 0.492 e. The fourth-order valence-corrected chi connectivity index (χ4v) is 4.27. The minimum atomic E-state index is -3.56. The zero-order chi connectivity index (χ0) is 21.8. The smallest absolute Gasteiger partial charge is 0.263 e. The average molecular weight is 430 g/mol. The van der Waals surface area contributed by atoms with Crippen molar-refractivity contribution in [2.24, 2.45) is 4.99 Å². The first kappa shape index (κ1) is 21.8. The van der Waals surface area contributed by atoms with E-state index in [1.807, 2.05) is 24.3 Å². The number of aliphatic imine (C=N–C) groups is 1. The van der Waals surface area contributed by atoms with E-state index in [2.05, 4.69) is 35.8 Å². The van der Waals surface area contributed by atoms with Gasteiger partial charge in [-0.05, 0) is 35.2 Å². The van der Waals surface area contributed by atoms with E-state index in [4.69, 9.17) is 4.74 Å². The van der Waals surface area contributed by atoms with Crippen LogP contribution in [-0.2, 0) is 20.2 Å². The third-order valence-corrected chi connectivity index (χ3v) is 6.08. The first-order valence-corrected chi connectivity index (χ1v) is 11.3. The van der Waals surface area contributed by atoms with Gasteiger partial charge in [-0.25, -0.2) is 8.42 Å². The molecule has 2 aromatic rings. The second kappa shape index (κ2) is 8.87. The number of amides is 1. The van der Waals surface area contributed by atoms with Gasteiger partial charge < -0.3 is 10.1 Å². The molecule has 7 nitrogen and oxygen atoms in total. The lowest BCUT2D eigenvalue weighted by atomic mass is 9.87. The Labute approximate surface area is 177 Å². The first-order chi connectivity index (χ1) is 14.2. The van der Waals surface area contributed by atoms with Crippen molar-refractivity contribution in [2.75, 3.05) is 19.7 Å². The SMILES string of the molecule is CC(C)(C)c1ccc(OCCNC(=O)CCN=C2NS(=O)(=O)c3ccccc32)cc1. The zero-order valence-corrected chi connectivity index (χ0v) is 18.3. The Hall–Kier alpha value is -2.87. The van der Waals surface area contributed by atoms with Crippen molar-refractivity contribution in [3.05, 3.63) is 59.7 Å². The van der Waals surface area contributed by atoms with Gasteiger partial charge in [-0.3, -0.25) is 14.5 Å². The highest BCUT2D eigenvalue weighted by atomic mass is 32.2. The summed E-state index contributed by atoms with van der Waals surface area (Å²) >= 11 is 0. The highest BCUT2D eigenvalue weighted by Gasteiger charge is 2.29. The fourth-order valence-electron chi connectivity index (χ4n) is 3.02. The molecule has 1 aliphatic rings. The van der Waals surface area contributed by atoms with Crippen molar-refractivity contribution in [1.29, 1.82) is 0 Å². The number of rotatable bonds is 7. The van der Waals surface area contributed by atoms with Crippen molar-refractivity contribution >= 4 is 21.8 Å². The third kappa shape index (κ3) is 5.38. The molecule has 0 spiro atoms. The van der Waals surface area contributed by atoms with Crippen LogP contribution >= 0.6 is 0 Å². The molecule has 0 unspecified atom stereocenters. The molecule has 30 heavy (non-hydrogen) atoms. The Morgan fingerprint density at radius 1 is 1.10 bits per heavy atom. The number of ether oxygens (including phenoxy) is 1. The van der Waals surface area contributed by atoms with Crippen molar-refractivity contribution in [3.8, 4) is 5.75 Å². The van der Waals surface area contributed by atoms with Gasteiger partial charge in [0.2, 0.25) is 5.91 Å². The third-order valence-electron chi connectivity index (χ3n) is 4.68. The minimum Gasteiger partial charge on any atom is -0.492 e. The Morgan fingerprint density at radius 3 is 2.50 bits per heavy atom. The van der Waals surface area contributed by atoms with E-state index < -0.39 is 10.0 Å². The molecule has 1 aliphatic heterocycles. The zero-order valence-electron chi connectivity index (χ0n) is 17.4. The number of sulfonamides is 1. The monoisotopic (exact) mass is 429 g/mol. The van der Waals surface area contributed by atoms with Crippen LogP contribution in [0.4, 0.5) is 0 Å². The predicted molar refractivity (Wildman–Crippen MR) is 116 cm³/mol. The van der Waals surface area contributed by atoms with Gasteiger partial charge in [0.25, 0.3) is 10.0 Å². The van der Waals surface area contributed by atoms with Crippen LogP contribution in [0.3, 0.4) is 0 Å². The van der Waals surface area contributed by atoms with Crippen molar-refractivity contribution < 1.29 is 17.9 Å². The molecule has 0 radical (unpaired) electrons. The summed E-state index contributed by atoms with van der Waals surface area (Å²) in [5, 5.41) is 2.78. The van der Waals surface area contributed by atoms with E-state index in [9.17, 15) is 13.2 Å². The summed E-state index contributed by atoms with van der Waals surface area (Å²) in [6, 6.07) is 14.6. The van der Waals surface area contributed by atoms with E-state index in [1.54, 1.807) is 18.2 Å². The lowest BCUT2D eigenvalue weighted by Crippen LogP contribution is -2.29. The number of benzene rings is 2. The summed E-state index contributed by atoms with van der Waals surface area (Å²) in [4.78, 5) is 16.4. The van der Waals surface area contributed by atoms with E-state index in [0.717, 1.165) is 5.75 Å². The second-order valence-electron chi connectivity index (χ2n) is 8.05. The van der Waals surface area contributed by atoms with Gasteiger partial charge >= 0.3 is 0 Å². The molecular formula is C22H27N3O4S. The number of nitrogens with zero attached hydrogens (tertiary/aromatic N) is 1. The topological polar surface area (TPSA) is 96.9 Å². The molecule has 0 bridgehead atoms. The molecule has 3 rings (SSSR count). The van der Waals surface area contributed by atoms with Crippen LogP contribution in [0.15, 0.2) is 58.4 Å². The van der Waals surface area contributed by atoms with Crippen LogP contribution in [0.25, 0.3) is 0 Å². The Bertz CT molecular complexity index is 1040. The maximum Gasteiger partial charge on any atom is 0.263 e. The first-order valence-electron chi connectivity index (χ1n) is 9.83. The van der Waals surface area contributed by atoms with Gasteiger partial charge in [-0.15, -0.1) is 0 Å². The summed E-state index contributed by atoms with van der Waals surface area (Å²) in [6.07, 6.45) is 0.160. The average Bonchev–Trinajstić information content (AvgIpc) is 2.96. The molecule has 1 heterocycles. The molecule has 0 aliphatic carbocycles. The summed E-state index contributed by atoms with van der Waals surface area (Å²) < 4.78 is 32.1. The number of nitrogens with one attached hydrogen (secondary N) is 2. The van der Waals surface area contributed by atoms with E-state index in [-0.39, 0.29) is 35.0 Å². The molecule has 0 saturated heterocycles. The van der Waals surface area contributed by atoms with Gasteiger partial charge in [0.05, 0.1) is 18.0 Å². The molecule has 2 aromatic carbocycles. The second-order valence-corrected chi connectivity index (χ2v) is 9.71. The molecule has 2 N–H and O–H groups in total. The summed E-state index contributed by atoms with van der Waals surface area (Å²) in [5.74, 6) is 0.872. The number of amidine groups is 1. The summed E-state index contributed by atoms with van der Waals surface area (Å²) in [6.45, 7) is 7.40. The van der Waals surface area contributed by atoms with Crippen molar-refractivity contribution in [3.63, 3.8) is 0 Å². The predicted octanol–water partition coefficient (Wildman–Crippen LogP) is 2.61. The molecule has 160 valence electrons. The van der Waals surface area contributed by atoms with E-state index >= 15 is 0 Å². The van der Waals surface area contributed by atoms with Crippen LogP contribution in [-0.4, -0.2) is 39.9 Å². The highest BCUT2D eigenvalue weighted by molar-refractivity contribution is 7.90. The van der Waals surface area contributed by atoms with Gasteiger partial charge in [0, 0.05) is 12.0 Å². The normalized spacial score (nSPS) is 16.0. The van der Waals surface area contributed by atoms with Gasteiger partial charge in [-0.1, -0.05) is 45.0 Å². The molecule has 0 atom stereocenters. The summed E-state index contributed by atoms with van der Waals surface area (Å²) in [7, 11) is -3.56.